The predicted octanol–water partition coefficient (Wildman–Crippen LogP) is 2.90. The number of rotatable bonds is 5. The molecule has 0 atom stereocenters. The van der Waals surface area contributed by atoms with Gasteiger partial charge in [-0.3, -0.25) is 0 Å². The molecule has 0 bridgehead atoms. The summed E-state index contributed by atoms with van der Waals surface area (Å²) in [5.41, 5.74) is 0.834. The zero-order valence-electron chi connectivity index (χ0n) is 9.87. The van der Waals surface area contributed by atoms with Crippen LogP contribution < -0.4 is 10.6 Å². The van der Waals surface area contributed by atoms with Crippen molar-refractivity contribution in [2.24, 2.45) is 0 Å². The lowest BCUT2D eigenvalue weighted by Crippen LogP contribution is -2.32. The molecule has 3 nitrogen and oxygen atoms in total. The van der Waals surface area contributed by atoms with E-state index in [0.717, 1.165) is 18.4 Å². The van der Waals surface area contributed by atoms with Crippen LogP contribution in [0.5, 0.6) is 0 Å². The van der Waals surface area contributed by atoms with Crippen LogP contribution in [-0.2, 0) is 0 Å². The second kappa shape index (κ2) is 7.44. The maximum absolute atomic E-state index is 12.6. The van der Waals surface area contributed by atoms with Gasteiger partial charge >= 0.3 is 6.03 Å². The highest BCUT2D eigenvalue weighted by atomic mass is 19.1. The van der Waals surface area contributed by atoms with Crippen molar-refractivity contribution in [3.63, 3.8) is 0 Å². The van der Waals surface area contributed by atoms with Gasteiger partial charge in [-0.1, -0.05) is 25.5 Å². The van der Waals surface area contributed by atoms with E-state index < -0.39 is 0 Å². The Kier molecular flexibility index (Phi) is 5.79. The number of carbonyl (C=O) groups is 1. The molecule has 2 amide bonds. The molecule has 0 aromatic heterocycles. The fourth-order valence-electron chi connectivity index (χ4n) is 1.22. The standard InChI is InChI=1S/C13H17FN2O/c1-2-3-9-15-13(17)16-10-8-11-4-6-12(14)7-5-11/h4-8,10H,2-3,9H2,1H3,(H2,15,16,17)/b10-8+. The van der Waals surface area contributed by atoms with Gasteiger partial charge in [0.1, 0.15) is 5.82 Å². The van der Waals surface area contributed by atoms with Crippen LogP contribution in [0.4, 0.5) is 9.18 Å². The maximum Gasteiger partial charge on any atom is 0.318 e. The minimum Gasteiger partial charge on any atom is -0.338 e. The van der Waals surface area contributed by atoms with E-state index in [4.69, 9.17) is 0 Å². The Morgan fingerprint density at radius 1 is 1.35 bits per heavy atom. The van der Waals surface area contributed by atoms with E-state index in [9.17, 15) is 9.18 Å². The molecule has 2 N–H and O–H groups in total. The first kappa shape index (κ1) is 13.2. The lowest BCUT2D eigenvalue weighted by Gasteiger charge is -2.02. The topological polar surface area (TPSA) is 41.1 Å². The molecule has 4 heteroatoms. The summed E-state index contributed by atoms with van der Waals surface area (Å²) < 4.78 is 12.6. The van der Waals surface area contributed by atoms with Crippen molar-refractivity contribution in [1.82, 2.24) is 10.6 Å². The first-order valence-corrected chi connectivity index (χ1v) is 5.69. The molecule has 0 unspecified atom stereocenters. The minimum atomic E-state index is -0.271. The first-order valence-electron chi connectivity index (χ1n) is 5.69. The van der Waals surface area contributed by atoms with Gasteiger partial charge in [0.25, 0.3) is 0 Å². The first-order chi connectivity index (χ1) is 8.22. The van der Waals surface area contributed by atoms with Gasteiger partial charge in [-0.15, -0.1) is 0 Å². The SMILES string of the molecule is CCCCNC(=O)N/C=C/c1ccc(F)cc1. The van der Waals surface area contributed by atoms with E-state index in [0.29, 0.717) is 6.54 Å². The number of halogens is 1. The van der Waals surface area contributed by atoms with E-state index in [1.165, 1.54) is 18.3 Å². The summed E-state index contributed by atoms with van der Waals surface area (Å²) in [6, 6.07) is 5.81. The maximum atomic E-state index is 12.6. The second-order valence-electron chi connectivity index (χ2n) is 3.64. The van der Waals surface area contributed by atoms with Crippen LogP contribution in [0.1, 0.15) is 25.3 Å². The summed E-state index contributed by atoms with van der Waals surface area (Å²) in [6.45, 7) is 2.74. The van der Waals surface area contributed by atoms with Crippen molar-refractivity contribution in [3.05, 3.63) is 41.8 Å². The highest BCUT2D eigenvalue weighted by Crippen LogP contribution is 2.03. The quantitative estimate of drug-likeness (QED) is 0.758. The van der Waals surface area contributed by atoms with E-state index in [2.05, 4.69) is 17.6 Å². The smallest absolute Gasteiger partial charge is 0.318 e. The number of amides is 2. The summed E-state index contributed by atoms with van der Waals surface area (Å²) in [5.74, 6) is -0.271. The number of urea groups is 1. The molecule has 0 saturated carbocycles. The Hall–Kier alpha value is -1.84. The summed E-state index contributed by atoms with van der Waals surface area (Å²) in [4.78, 5) is 11.2. The molecular formula is C13H17FN2O. The molecule has 0 fully saturated rings. The molecule has 17 heavy (non-hydrogen) atoms. The third-order valence-electron chi connectivity index (χ3n) is 2.18. The largest absolute Gasteiger partial charge is 0.338 e. The predicted molar refractivity (Wildman–Crippen MR) is 66.9 cm³/mol. The summed E-state index contributed by atoms with van der Waals surface area (Å²) in [5, 5.41) is 5.30. The molecule has 0 aliphatic rings. The van der Waals surface area contributed by atoms with Crippen LogP contribution in [0.25, 0.3) is 6.08 Å². The zero-order chi connectivity index (χ0) is 12.5. The third-order valence-corrected chi connectivity index (χ3v) is 2.18. The van der Waals surface area contributed by atoms with Gasteiger partial charge in [-0.2, -0.15) is 0 Å². The molecule has 1 rings (SSSR count). The normalized spacial score (nSPS) is 10.5. The minimum absolute atomic E-state index is 0.225. The summed E-state index contributed by atoms with van der Waals surface area (Å²) >= 11 is 0. The fraction of sp³-hybridized carbons (Fsp3) is 0.308. The van der Waals surface area contributed by atoms with Gasteiger partial charge in [0, 0.05) is 12.7 Å². The Morgan fingerprint density at radius 3 is 2.71 bits per heavy atom. The van der Waals surface area contributed by atoms with Crippen molar-refractivity contribution >= 4 is 12.1 Å². The average Bonchev–Trinajstić information content (AvgIpc) is 2.32. The van der Waals surface area contributed by atoms with Crippen LogP contribution in [-0.4, -0.2) is 12.6 Å². The van der Waals surface area contributed by atoms with Crippen molar-refractivity contribution in [3.8, 4) is 0 Å². The van der Waals surface area contributed by atoms with Gasteiger partial charge in [-0.05, 0) is 30.2 Å². The van der Waals surface area contributed by atoms with E-state index in [1.807, 2.05) is 0 Å². The fourth-order valence-corrected chi connectivity index (χ4v) is 1.22. The van der Waals surface area contributed by atoms with Crippen molar-refractivity contribution in [2.45, 2.75) is 19.8 Å². The van der Waals surface area contributed by atoms with Crippen LogP contribution in [0.3, 0.4) is 0 Å². The van der Waals surface area contributed by atoms with Crippen LogP contribution in [0.2, 0.25) is 0 Å². The number of benzene rings is 1. The molecule has 1 aromatic rings. The molecule has 0 heterocycles. The second-order valence-corrected chi connectivity index (χ2v) is 3.64. The Labute approximate surface area is 101 Å². The van der Waals surface area contributed by atoms with Crippen molar-refractivity contribution in [1.29, 1.82) is 0 Å². The van der Waals surface area contributed by atoms with Gasteiger partial charge in [0.05, 0.1) is 0 Å². The molecule has 0 saturated heterocycles. The highest BCUT2D eigenvalue weighted by Gasteiger charge is 1.94. The zero-order valence-corrected chi connectivity index (χ0v) is 9.87. The van der Waals surface area contributed by atoms with Crippen LogP contribution in [0, 0.1) is 5.82 Å². The molecule has 92 valence electrons. The van der Waals surface area contributed by atoms with Gasteiger partial charge in [0.2, 0.25) is 0 Å². The Bertz CT molecular complexity index is 374. The number of carbonyl (C=O) groups excluding carboxylic acids is 1. The Morgan fingerprint density at radius 2 is 2.06 bits per heavy atom. The van der Waals surface area contributed by atoms with Crippen LogP contribution >= 0.6 is 0 Å². The summed E-state index contributed by atoms with van der Waals surface area (Å²) in [7, 11) is 0. The molecule has 0 spiro atoms. The number of nitrogens with one attached hydrogen (secondary N) is 2. The number of hydrogen-bond acceptors (Lipinski definition) is 1. The van der Waals surface area contributed by atoms with Gasteiger partial charge < -0.3 is 10.6 Å². The molecule has 0 radical (unpaired) electrons. The highest BCUT2D eigenvalue weighted by molar-refractivity contribution is 5.75. The van der Waals surface area contributed by atoms with Crippen molar-refractivity contribution in [2.75, 3.05) is 6.54 Å². The molecule has 0 aliphatic carbocycles. The van der Waals surface area contributed by atoms with E-state index in [1.54, 1.807) is 18.2 Å². The summed E-state index contributed by atoms with van der Waals surface area (Å²) in [6.07, 6.45) is 5.26. The molecular weight excluding hydrogens is 219 g/mol. The van der Waals surface area contributed by atoms with Gasteiger partial charge in [0.15, 0.2) is 0 Å². The van der Waals surface area contributed by atoms with Crippen molar-refractivity contribution < 1.29 is 9.18 Å². The van der Waals surface area contributed by atoms with E-state index >= 15 is 0 Å². The molecule has 0 aliphatic heterocycles. The number of hydrogen-bond donors (Lipinski definition) is 2. The lowest BCUT2D eigenvalue weighted by molar-refractivity contribution is 0.244. The molecule has 1 aromatic carbocycles. The number of unbranched alkanes of at least 4 members (excludes halogenated alkanes) is 1. The monoisotopic (exact) mass is 236 g/mol. The third kappa shape index (κ3) is 5.70. The lowest BCUT2D eigenvalue weighted by atomic mass is 10.2. The van der Waals surface area contributed by atoms with E-state index in [-0.39, 0.29) is 11.8 Å². The average molecular weight is 236 g/mol. The van der Waals surface area contributed by atoms with Gasteiger partial charge in [-0.25, -0.2) is 9.18 Å². The Balaban J connectivity index is 2.29. The van der Waals surface area contributed by atoms with Crippen LogP contribution in [0.15, 0.2) is 30.5 Å².